The van der Waals surface area contributed by atoms with Crippen LogP contribution in [0.2, 0.25) is 0 Å². The first kappa shape index (κ1) is 15.2. The lowest BCUT2D eigenvalue weighted by Gasteiger charge is -2.05. The van der Waals surface area contributed by atoms with Crippen LogP contribution in [0.5, 0.6) is 0 Å². The molecule has 0 fully saturated rings. The molecule has 0 aliphatic heterocycles. The maximum absolute atomic E-state index is 13.5. The molecule has 0 saturated carbocycles. The van der Waals surface area contributed by atoms with E-state index in [4.69, 9.17) is 0 Å². The minimum absolute atomic E-state index is 0.599. The predicted octanol–water partition coefficient (Wildman–Crippen LogP) is 5.17. The van der Waals surface area contributed by atoms with Crippen molar-refractivity contribution >= 4 is 12.2 Å². The lowest BCUT2D eigenvalue weighted by Crippen LogP contribution is -2.03. The average Bonchev–Trinajstić information content (AvgIpc) is 2.46. The zero-order chi connectivity index (χ0) is 15.7. The normalized spacial score (nSPS) is 11.4. The van der Waals surface area contributed by atoms with Crippen LogP contribution < -0.4 is 0 Å². The van der Waals surface area contributed by atoms with Gasteiger partial charge in [-0.15, -0.1) is 0 Å². The van der Waals surface area contributed by atoms with E-state index in [0.717, 1.165) is 17.2 Å². The maximum Gasteiger partial charge on any atom is 0.200 e. The Bertz CT molecular complexity index is 703. The number of rotatable bonds is 2. The van der Waals surface area contributed by atoms with Gasteiger partial charge in [0.15, 0.2) is 23.3 Å². The van der Waals surface area contributed by atoms with Crippen molar-refractivity contribution in [3.05, 3.63) is 69.5 Å². The number of benzene rings is 2. The van der Waals surface area contributed by atoms with E-state index in [1.165, 1.54) is 6.08 Å². The van der Waals surface area contributed by atoms with Crippen LogP contribution in [0.15, 0.2) is 18.2 Å². The van der Waals surface area contributed by atoms with Crippen LogP contribution in [0.1, 0.15) is 22.3 Å². The van der Waals surface area contributed by atoms with Gasteiger partial charge >= 0.3 is 0 Å². The van der Waals surface area contributed by atoms with E-state index < -0.39 is 34.6 Å². The molecule has 2 aromatic carbocycles. The van der Waals surface area contributed by atoms with Crippen molar-refractivity contribution in [2.24, 2.45) is 0 Å². The molecule has 0 N–H and O–H groups in total. The maximum atomic E-state index is 13.5. The molecule has 110 valence electrons. The highest BCUT2D eigenvalue weighted by molar-refractivity contribution is 5.70. The molecule has 0 radical (unpaired) electrons. The van der Waals surface area contributed by atoms with Crippen molar-refractivity contribution in [2.45, 2.75) is 13.8 Å². The van der Waals surface area contributed by atoms with Crippen LogP contribution in [0, 0.1) is 42.9 Å². The fraction of sp³-hybridized carbons (Fsp3) is 0.125. The van der Waals surface area contributed by atoms with E-state index in [0.29, 0.717) is 5.56 Å². The molecule has 2 rings (SSSR count). The summed E-state index contributed by atoms with van der Waals surface area (Å²) < 4.78 is 66.0. The highest BCUT2D eigenvalue weighted by atomic mass is 19.2. The third kappa shape index (κ3) is 2.82. The first-order valence-corrected chi connectivity index (χ1v) is 6.09. The zero-order valence-electron chi connectivity index (χ0n) is 11.3. The zero-order valence-corrected chi connectivity index (χ0v) is 11.3. The Labute approximate surface area is 118 Å². The van der Waals surface area contributed by atoms with E-state index in [1.54, 1.807) is 18.2 Å². The molecule has 0 spiro atoms. The van der Waals surface area contributed by atoms with Gasteiger partial charge in [-0.2, -0.15) is 0 Å². The third-order valence-corrected chi connectivity index (χ3v) is 3.22. The van der Waals surface area contributed by atoms with Gasteiger partial charge in [0.1, 0.15) is 0 Å². The molecule has 0 saturated heterocycles. The van der Waals surface area contributed by atoms with Crippen molar-refractivity contribution < 1.29 is 22.0 Å². The molecule has 0 aromatic heterocycles. The van der Waals surface area contributed by atoms with Gasteiger partial charge < -0.3 is 0 Å². The van der Waals surface area contributed by atoms with E-state index >= 15 is 0 Å². The monoisotopic (exact) mass is 298 g/mol. The van der Waals surface area contributed by atoms with Gasteiger partial charge in [-0.3, -0.25) is 0 Å². The minimum atomic E-state index is -2.16. The summed E-state index contributed by atoms with van der Waals surface area (Å²) in [7, 11) is 0. The fourth-order valence-corrected chi connectivity index (χ4v) is 1.82. The highest BCUT2D eigenvalue weighted by Gasteiger charge is 2.24. The van der Waals surface area contributed by atoms with Crippen molar-refractivity contribution in [3.63, 3.8) is 0 Å². The van der Waals surface area contributed by atoms with Gasteiger partial charge in [-0.05, 0) is 36.6 Å². The van der Waals surface area contributed by atoms with Crippen LogP contribution in [0.25, 0.3) is 12.2 Å². The molecule has 21 heavy (non-hydrogen) atoms. The van der Waals surface area contributed by atoms with Gasteiger partial charge in [-0.25, -0.2) is 22.0 Å². The predicted molar refractivity (Wildman–Crippen MR) is 71.1 cm³/mol. The highest BCUT2D eigenvalue weighted by Crippen LogP contribution is 2.24. The number of hydrogen-bond donors (Lipinski definition) is 0. The standard InChI is InChI=1S/C16H11F5/c1-8-3-4-10(7-9(8)2)5-6-11-12(17)14(19)16(21)15(20)13(11)18/h3-7H,1-2H3. The second-order valence-corrected chi connectivity index (χ2v) is 4.66. The largest absolute Gasteiger partial charge is 0.203 e. The molecule has 0 atom stereocenters. The Morgan fingerprint density at radius 1 is 0.667 bits per heavy atom. The third-order valence-electron chi connectivity index (χ3n) is 3.22. The molecular weight excluding hydrogens is 287 g/mol. The van der Waals surface area contributed by atoms with Gasteiger partial charge in [0.25, 0.3) is 0 Å². The molecular formula is C16H11F5. The smallest absolute Gasteiger partial charge is 0.200 e. The molecule has 0 aliphatic carbocycles. The first-order valence-electron chi connectivity index (χ1n) is 6.09. The summed E-state index contributed by atoms with van der Waals surface area (Å²) >= 11 is 0. The summed E-state index contributed by atoms with van der Waals surface area (Å²) in [5, 5.41) is 0. The van der Waals surface area contributed by atoms with Crippen LogP contribution in [0.4, 0.5) is 22.0 Å². The minimum Gasteiger partial charge on any atom is -0.203 e. The Morgan fingerprint density at radius 2 is 1.19 bits per heavy atom. The van der Waals surface area contributed by atoms with Crippen molar-refractivity contribution in [1.82, 2.24) is 0 Å². The second-order valence-electron chi connectivity index (χ2n) is 4.66. The van der Waals surface area contributed by atoms with Gasteiger partial charge in [-0.1, -0.05) is 24.3 Å². The second kappa shape index (κ2) is 5.68. The fourth-order valence-electron chi connectivity index (χ4n) is 1.82. The van der Waals surface area contributed by atoms with E-state index in [1.807, 2.05) is 13.8 Å². The topological polar surface area (TPSA) is 0 Å². The average molecular weight is 298 g/mol. The number of aryl methyl sites for hydroxylation is 2. The van der Waals surface area contributed by atoms with E-state index in [-0.39, 0.29) is 0 Å². The van der Waals surface area contributed by atoms with Crippen LogP contribution >= 0.6 is 0 Å². The van der Waals surface area contributed by atoms with Gasteiger partial charge in [0, 0.05) is 0 Å². The molecule has 0 heterocycles. The summed E-state index contributed by atoms with van der Waals surface area (Å²) in [5.41, 5.74) is 1.63. The van der Waals surface area contributed by atoms with Crippen molar-refractivity contribution in [3.8, 4) is 0 Å². The summed E-state index contributed by atoms with van der Waals surface area (Å²) in [4.78, 5) is 0. The van der Waals surface area contributed by atoms with Gasteiger partial charge in [0.2, 0.25) is 5.82 Å². The van der Waals surface area contributed by atoms with Crippen LogP contribution in [0.3, 0.4) is 0 Å². The molecule has 2 aromatic rings. The summed E-state index contributed by atoms with van der Waals surface area (Å²) in [5.74, 6) is -9.74. The summed E-state index contributed by atoms with van der Waals surface area (Å²) in [6.07, 6.45) is 2.17. The van der Waals surface area contributed by atoms with E-state index in [2.05, 4.69) is 0 Å². The molecule has 5 heteroatoms. The van der Waals surface area contributed by atoms with Crippen LogP contribution in [-0.2, 0) is 0 Å². The first-order chi connectivity index (χ1) is 9.82. The Hall–Kier alpha value is -2.17. The lowest BCUT2D eigenvalue weighted by molar-refractivity contribution is 0.377. The number of halogens is 5. The van der Waals surface area contributed by atoms with Crippen molar-refractivity contribution in [1.29, 1.82) is 0 Å². The Balaban J connectivity index is 2.48. The summed E-state index contributed by atoms with van der Waals surface area (Å²) in [6.45, 7) is 3.75. The molecule has 0 bridgehead atoms. The summed E-state index contributed by atoms with van der Waals surface area (Å²) in [6, 6.07) is 5.23. The Kier molecular flexibility index (Phi) is 4.11. The molecule has 0 amide bonds. The molecule has 0 unspecified atom stereocenters. The molecule has 0 nitrogen and oxygen atoms in total. The number of hydrogen-bond acceptors (Lipinski definition) is 0. The quantitative estimate of drug-likeness (QED) is 0.310. The molecule has 0 aliphatic rings. The van der Waals surface area contributed by atoms with Crippen molar-refractivity contribution in [2.75, 3.05) is 0 Å². The Morgan fingerprint density at radius 3 is 1.71 bits per heavy atom. The SMILES string of the molecule is Cc1ccc(C=Cc2c(F)c(F)c(F)c(F)c2F)cc1C. The lowest BCUT2D eigenvalue weighted by atomic mass is 10.0. The van der Waals surface area contributed by atoms with Gasteiger partial charge in [0.05, 0.1) is 5.56 Å². The van der Waals surface area contributed by atoms with E-state index in [9.17, 15) is 22.0 Å². The van der Waals surface area contributed by atoms with Crippen LogP contribution in [-0.4, -0.2) is 0 Å².